The van der Waals surface area contributed by atoms with Gasteiger partial charge >= 0.3 is 5.97 Å². The molecule has 3 aliphatic rings. The first-order valence-electron chi connectivity index (χ1n) is 13.1. The van der Waals surface area contributed by atoms with Crippen LogP contribution in [0.15, 0.2) is 30.9 Å². The topological polar surface area (TPSA) is 96.4 Å². The molecule has 2 amide bonds. The van der Waals surface area contributed by atoms with Crippen molar-refractivity contribution >= 4 is 35.1 Å². The molecule has 3 fully saturated rings. The van der Waals surface area contributed by atoms with Gasteiger partial charge < -0.3 is 24.4 Å². The maximum atomic E-state index is 14.6. The van der Waals surface area contributed by atoms with Crippen molar-refractivity contribution in [1.82, 2.24) is 4.90 Å². The van der Waals surface area contributed by atoms with Gasteiger partial charge in [-0.25, -0.2) is 0 Å². The van der Waals surface area contributed by atoms with Crippen LogP contribution >= 0.6 is 11.6 Å². The molecule has 1 aromatic carbocycles. The fourth-order valence-corrected chi connectivity index (χ4v) is 7.19. The molecule has 1 aromatic rings. The highest BCUT2D eigenvalue weighted by Gasteiger charge is 2.79. The van der Waals surface area contributed by atoms with Crippen LogP contribution in [-0.4, -0.2) is 70.8 Å². The predicted octanol–water partition coefficient (Wildman–Crippen LogP) is 3.66. The van der Waals surface area contributed by atoms with Crippen LogP contribution in [0.2, 0.25) is 5.02 Å². The zero-order chi connectivity index (χ0) is 27.1. The van der Waals surface area contributed by atoms with E-state index in [1.807, 2.05) is 32.9 Å². The van der Waals surface area contributed by atoms with Crippen molar-refractivity contribution in [3.63, 3.8) is 0 Å². The number of likely N-dealkylation sites (tertiary alicyclic amines) is 1. The highest BCUT2D eigenvalue weighted by molar-refractivity contribution is 6.34. The Morgan fingerprint density at radius 2 is 2.08 bits per heavy atom. The first-order chi connectivity index (χ1) is 17.7. The molecule has 8 nitrogen and oxygen atoms in total. The molecule has 37 heavy (non-hydrogen) atoms. The highest BCUT2D eigenvalue weighted by atomic mass is 35.5. The number of para-hydroxylation sites is 1. The lowest BCUT2D eigenvalue weighted by Crippen LogP contribution is -2.59. The molecule has 202 valence electrons. The van der Waals surface area contributed by atoms with Gasteiger partial charge in [-0.3, -0.25) is 14.4 Å². The van der Waals surface area contributed by atoms with E-state index in [0.717, 1.165) is 5.56 Å². The molecule has 4 rings (SSSR count). The van der Waals surface area contributed by atoms with Gasteiger partial charge in [-0.15, -0.1) is 6.58 Å². The van der Waals surface area contributed by atoms with E-state index >= 15 is 0 Å². The second kappa shape index (κ2) is 10.4. The number of anilines is 1. The minimum atomic E-state index is -1.21. The Morgan fingerprint density at radius 3 is 2.65 bits per heavy atom. The molecule has 0 aromatic heterocycles. The van der Waals surface area contributed by atoms with Crippen molar-refractivity contribution in [3.8, 4) is 0 Å². The number of rotatable bonds is 10. The number of carbonyl (C=O) groups is 3. The van der Waals surface area contributed by atoms with Crippen LogP contribution in [0.5, 0.6) is 0 Å². The zero-order valence-electron chi connectivity index (χ0n) is 22.0. The summed E-state index contributed by atoms with van der Waals surface area (Å²) < 4.78 is 12.2. The normalized spacial score (nSPS) is 30.8. The summed E-state index contributed by atoms with van der Waals surface area (Å²) in [5, 5.41) is 10.7. The number of esters is 1. The van der Waals surface area contributed by atoms with Crippen molar-refractivity contribution in [3.05, 3.63) is 41.4 Å². The van der Waals surface area contributed by atoms with E-state index in [2.05, 4.69) is 6.58 Å². The molecule has 1 N–H and O–H groups in total. The maximum Gasteiger partial charge on any atom is 0.312 e. The van der Waals surface area contributed by atoms with Gasteiger partial charge in [0.2, 0.25) is 5.91 Å². The first kappa shape index (κ1) is 27.6. The Bertz CT molecular complexity index is 1070. The Hall–Kier alpha value is -2.42. The van der Waals surface area contributed by atoms with Crippen LogP contribution in [-0.2, 0) is 23.9 Å². The molecule has 6 atom stereocenters. The molecule has 9 heteroatoms. The molecular formula is C28H37ClN2O6. The summed E-state index contributed by atoms with van der Waals surface area (Å²) >= 11 is 6.58. The third-order valence-corrected chi connectivity index (χ3v) is 8.81. The van der Waals surface area contributed by atoms with E-state index in [1.165, 1.54) is 4.90 Å². The van der Waals surface area contributed by atoms with E-state index in [1.54, 1.807) is 24.0 Å². The van der Waals surface area contributed by atoms with E-state index in [4.69, 9.17) is 21.1 Å². The molecule has 3 heterocycles. The molecule has 2 bridgehead atoms. The standard InChI is InChI=1S/C28H37ClN2O6/c1-6-15-30(22-17(5)11-10-12-19(22)29)25(34)23-28-14-13-27(8-3,37-28)21(26(35)36-9-4)20(28)24(33)31(23)18(7-2)16-32/h6,10-12,18,20-21,23,32H,1,7-9,13-16H2,2-5H3/t18-,20-,21+,23?,27-,28?/m0/s1. The third kappa shape index (κ3) is 3.99. The van der Waals surface area contributed by atoms with E-state index in [-0.39, 0.29) is 31.6 Å². The fourth-order valence-electron chi connectivity index (χ4n) is 6.87. The van der Waals surface area contributed by atoms with Crippen molar-refractivity contribution in [2.45, 2.75) is 76.7 Å². The second-order valence-electron chi connectivity index (χ2n) is 10.2. The average molecular weight is 533 g/mol. The number of hydrogen-bond donors (Lipinski definition) is 1. The number of aliphatic hydroxyl groups is 1. The molecule has 3 aliphatic heterocycles. The quantitative estimate of drug-likeness (QED) is 0.365. The third-order valence-electron chi connectivity index (χ3n) is 8.50. The molecule has 2 unspecified atom stereocenters. The van der Waals surface area contributed by atoms with Gasteiger partial charge in [0.1, 0.15) is 17.6 Å². The molecule has 0 saturated carbocycles. The largest absolute Gasteiger partial charge is 0.466 e. The Morgan fingerprint density at radius 1 is 1.35 bits per heavy atom. The number of nitrogens with zero attached hydrogens (tertiary/aromatic N) is 2. The zero-order valence-corrected chi connectivity index (χ0v) is 22.8. The van der Waals surface area contributed by atoms with Gasteiger partial charge in [-0.1, -0.05) is 43.7 Å². The van der Waals surface area contributed by atoms with Gasteiger partial charge in [0, 0.05) is 6.54 Å². The molecule has 1 spiro atoms. The Balaban J connectivity index is 1.90. The van der Waals surface area contributed by atoms with Crippen LogP contribution in [0.4, 0.5) is 5.69 Å². The molecule has 3 saturated heterocycles. The molecular weight excluding hydrogens is 496 g/mol. The molecule has 0 aliphatic carbocycles. The lowest BCUT2D eigenvalue weighted by molar-refractivity contribution is -0.161. The predicted molar refractivity (Wildman–Crippen MR) is 140 cm³/mol. The first-order valence-corrected chi connectivity index (χ1v) is 13.5. The van der Waals surface area contributed by atoms with Crippen LogP contribution < -0.4 is 4.90 Å². The number of hydrogen-bond acceptors (Lipinski definition) is 6. The smallest absolute Gasteiger partial charge is 0.312 e. The minimum Gasteiger partial charge on any atom is -0.466 e. The van der Waals surface area contributed by atoms with E-state index < -0.39 is 41.1 Å². The van der Waals surface area contributed by atoms with Crippen LogP contribution in [0.25, 0.3) is 0 Å². The fraction of sp³-hybridized carbons (Fsp3) is 0.607. The van der Waals surface area contributed by atoms with Gasteiger partial charge in [-0.2, -0.15) is 0 Å². The summed E-state index contributed by atoms with van der Waals surface area (Å²) in [5.74, 6) is -2.87. The number of amides is 2. The summed E-state index contributed by atoms with van der Waals surface area (Å²) in [5.41, 5.74) is -0.744. The number of benzene rings is 1. The van der Waals surface area contributed by atoms with Crippen LogP contribution in [0, 0.1) is 18.8 Å². The lowest BCUT2D eigenvalue weighted by atomic mass is 9.65. The summed E-state index contributed by atoms with van der Waals surface area (Å²) in [7, 11) is 0. The number of aliphatic hydroxyl groups excluding tert-OH is 1. The Kier molecular flexibility index (Phi) is 7.75. The lowest BCUT2D eigenvalue weighted by Gasteiger charge is -2.39. The van der Waals surface area contributed by atoms with Crippen molar-refractivity contribution < 1.29 is 29.0 Å². The summed E-state index contributed by atoms with van der Waals surface area (Å²) in [6, 6.07) is 3.75. The number of carbonyl (C=O) groups excluding carboxylic acids is 3. The molecule has 0 radical (unpaired) electrons. The highest BCUT2D eigenvalue weighted by Crippen LogP contribution is 2.65. The SMILES string of the molecule is C=CCN(C(=O)C1N([C@@H](CC)CO)C(=O)[C@@H]2[C@H](C(=O)OCC)[C@]3(CC)CCC12O3)c1c(C)cccc1Cl. The number of ether oxygens (including phenoxy) is 2. The van der Waals surface area contributed by atoms with Gasteiger partial charge in [0.25, 0.3) is 5.91 Å². The Labute approximate surface area is 223 Å². The maximum absolute atomic E-state index is 14.6. The van der Waals surface area contributed by atoms with E-state index in [9.17, 15) is 19.5 Å². The van der Waals surface area contributed by atoms with Crippen molar-refractivity contribution in [2.24, 2.45) is 11.8 Å². The summed E-state index contributed by atoms with van der Waals surface area (Å²) in [6.07, 6.45) is 3.55. The number of fused-ring (bicyclic) bond motifs is 1. The van der Waals surface area contributed by atoms with E-state index in [0.29, 0.717) is 36.4 Å². The second-order valence-corrected chi connectivity index (χ2v) is 10.6. The number of halogens is 1. The van der Waals surface area contributed by atoms with Crippen LogP contribution in [0.3, 0.4) is 0 Å². The van der Waals surface area contributed by atoms with Crippen LogP contribution in [0.1, 0.15) is 52.0 Å². The summed E-state index contributed by atoms with van der Waals surface area (Å²) in [6.45, 7) is 11.3. The van der Waals surface area contributed by atoms with Gasteiger partial charge in [0.15, 0.2) is 0 Å². The average Bonchev–Trinajstić information content (AvgIpc) is 3.48. The van der Waals surface area contributed by atoms with Crippen molar-refractivity contribution in [1.29, 1.82) is 0 Å². The summed E-state index contributed by atoms with van der Waals surface area (Å²) in [4.78, 5) is 45.1. The van der Waals surface area contributed by atoms with Gasteiger partial charge in [0.05, 0.1) is 41.5 Å². The van der Waals surface area contributed by atoms with Crippen molar-refractivity contribution in [2.75, 3.05) is 24.7 Å². The monoisotopic (exact) mass is 532 g/mol. The number of aryl methyl sites for hydroxylation is 1. The minimum absolute atomic E-state index is 0.166. The van der Waals surface area contributed by atoms with Gasteiger partial charge in [-0.05, 0) is 51.2 Å².